The van der Waals surface area contributed by atoms with Gasteiger partial charge in [0, 0.05) is 17.5 Å². The van der Waals surface area contributed by atoms with Crippen LogP contribution in [0.4, 0.5) is 5.69 Å². The molecule has 0 aliphatic carbocycles. The van der Waals surface area contributed by atoms with E-state index in [4.69, 9.17) is 0 Å². The second-order valence-corrected chi connectivity index (χ2v) is 5.37. The Labute approximate surface area is 90.3 Å². The first-order valence-electron chi connectivity index (χ1n) is 5.29. The Kier molecular flexibility index (Phi) is 3.35. The van der Waals surface area contributed by atoms with E-state index in [1.165, 1.54) is 29.8 Å². The topological polar surface area (TPSA) is 12.0 Å². The molecule has 2 rings (SSSR count). The first-order chi connectivity index (χ1) is 6.86. The fourth-order valence-corrected chi connectivity index (χ4v) is 2.83. The molecule has 0 saturated carbocycles. The number of thioether (sulfide) groups is 1. The van der Waals surface area contributed by atoms with Crippen molar-refractivity contribution in [3.05, 3.63) is 29.8 Å². The molecule has 1 heterocycles. The average molecular weight is 207 g/mol. The van der Waals surface area contributed by atoms with E-state index in [-0.39, 0.29) is 0 Å². The van der Waals surface area contributed by atoms with Gasteiger partial charge in [-0.15, -0.1) is 0 Å². The summed E-state index contributed by atoms with van der Waals surface area (Å²) in [7, 11) is 0. The maximum atomic E-state index is 3.51. The quantitative estimate of drug-likeness (QED) is 0.701. The van der Waals surface area contributed by atoms with Crippen LogP contribution in [0.5, 0.6) is 0 Å². The highest BCUT2D eigenvalue weighted by Crippen LogP contribution is 2.24. The van der Waals surface area contributed by atoms with Crippen LogP contribution >= 0.6 is 11.8 Å². The first-order valence-corrected chi connectivity index (χ1v) is 6.34. The van der Waals surface area contributed by atoms with Crippen molar-refractivity contribution in [1.82, 2.24) is 0 Å². The molecule has 0 aromatic heterocycles. The first kappa shape index (κ1) is 9.91. The molecule has 0 saturated heterocycles. The molecule has 1 aliphatic rings. The van der Waals surface area contributed by atoms with Crippen LogP contribution in [0.3, 0.4) is 0 Å². The largest absolute Gasteiger partial charge is 0.385 e. The third-order valence-corrected chi connectivity index (χ3v) is 3.82. The van der Waals surface area contributed by atoms with E-state index in [1.807, 2.05) is 0 Å². The fraction of sp³-hybridized carbons (Fsp3) is 0.500. The number of anilines is 1. The van der Waals surface area contributed by atoms with Gasteiger partial charge >= 0.3 is 0 Å². The molecule has 0 bridgehead atoms. The number of rotatable bonds is 0. The van der Waals surface area contributed by atoms with Crippen LogP contribution < -0.4 is 5.32 Å². The lowest BCUT2D eigenvalue weighted by Crippen LogP contribution is -2.04. The summed E-state index contributed by atoms with van der Waals surface area (Å²) in [5.41, 5.74) is 2.80. The summed E-state index contributed by atoms with van der Waals surface area (Å²) >= 11 is 2.09. The van der Waals surface area contributed by atoms with Crippen molar-refractivity contribution in [3.8, 4) is 0 Å². The molecule has 1 atom stereocenters. The Balaban J connectivity index is 2.21. The van der Waals surface area contributed by atoms with Gasteiger partial charge in [-0.2, -0.15) is 11.8 Å². The summed E-state index contributed by atoms with van der Waals surface area (Å²) in [5, 5.41) is 4.26. The summed E-state index contributed by atoms with van der Waals surface area (Å²) in [5.74, 6) is 1.28. The van der Waals surface area contributed by atoms with Gasteiger partial charge < -0.3 is 5.32 Å². The number of fused-ring (bicyclic) bond motifs is 1. The number of benzene rings is 1. The Morgan fingerprint density at radius 2 is 2.21 bits per heavy atom. The van der Waals surface area contributed by atoms with Crippen LogP contribution in [0, 0.1) is 0 Å². The zero-order valence-corrected chi connectivity index (χ0v) is 9.44. The highest BCUT2D eigenvalue weighted by Gasteiger charge is 2.09. The van der Waals surface area contributed by atoms with Crippen molar-refractivity contribution < 1.29 is 0 Å². The van der Waals surface area contributed by atoms with Crippen LogP contribution in [0.1, 0.15) is 18.9 Å². The van der Waals surface area contributed by atoms with E-state index in [2.05, 4.69) is 48.3 Å². The number of hydrogen-bond acceptors (Lipinski definition) is 2. The molecule has 1 aromatic rings. The molecule has 1 N–H and O–H groups in total. The summed E-state index contributed by atoms with van der Waals surface area (Å²) in [4.78, 5) is 0. The molecule has 0 amide bonds. The van der Waals surface area contributed by atoms with E-state index in [9.17, 15) is 0 Å². The normalized spacial score (nSPS) is 22.5. The monoisotopic (exact) mass is 207 g/mol. The summed E-state index contributed by atoms with van der Waals surface area (Å²) in [6.07, 6.45) is 2.46. The van der Waals surface area contributed by atoms with Gasteiger partial charge in [-0.3, -0.25) is 0 Å². The Morgan fingerprint density at radius 1 is 1.36 bits per heavy atom. The van der Waals surface area contributed by atoms with Crippen molar-refractivity contribution in [2.24, 2.45) is 0 Å². The highest BCUT2D eigenvalue weighted by molar-refractivity contribution is 7.99. The molecule has 1 unspecified atom stereocenters. The maximum Gasteiger partial charge on any atom is 0.0373 e. The van der Waals surface area contributed by atoms with Crippen molar-refractivity contribution in [3.63, 3.8) is 0 Å². The predicted octanol–water partition coefficient (Wildman–Crippen LogP) is 3.17. The lowest BCUT2D eigenvalue weighted by atomic mass is 10.1. The zero-order chi connectivity index (χ0) is 9.80. The van der Waals surface area contributed by atoms with Gasteiger partial charge in [0.15, 0.2) is 0 Å². The summed E-state index contributed by atoms with van der Waals surface area (Å²) in [6.45, 7) is 3.43. The molecule has 0 spiro atoms. The minimum Gasteiger partial charge on any atom is -0.385 e. The molecule has 0 radical (unpaired) electrons. The van der Waals surface area contributed by atoms with Gasteiger partial charge in [0.1, 0.15) is 0 Å². The van der Waals surface area contributed by atoms with Crippen LogP contribution in [-0.4, -0.2) is 17.5 Å². The van der Waals surface area contributed by atoms with Crippen LogP contribution in [0.15, 0.2) is 24.3 Å². The lowest BCUT2D eigenvalue weighted by molar-refractivity contribution is 0.946. The molecular formula is C12H17NS. The van der Waals surface area contributed by atoms with Gasteiger partial charge in [-0.05, 0) is 30.2 Å². The van der Waals surface area contributed by atoms with Gasteiger partial charge in [0.2, 0.25) is 0 Å². The molecule has 14 heavy (non-hydrogen) atoms. The Hall–Kier alpha value is -0.630. The average Bonchev–Trinajstić information content (AvgIpc) is 2.27. The van der Waals surface area contributed by atoms with E-state index in [0.29, 0.717) is 0 Å². The standard InChI is InChI=1S/C12H17NS/c1-10-9-11-5-2-3-6-12(11)13-7-4-8-14-10/h2-3,5-6,10,13H,4,7-9H2,1H3. The van der Waals surface area contributed by atoms with Gasteiger partial charge in [-0.1, -0.05) is 25.1 Å². The third-order valence-electron chi connectivity index (χ3n) is 2.56. The predicted molar refractivity (Wildman–Crippen MR) is 65.2 cm³/mol. The smallest absolute Gasteiger partial charge is 0.0373 e. The van der Waals surface area contributed by atoms with Gasteiger partial charge in [0.05, 0.1) is 0 Å². The second kappa shape index (κ2) is 4.74. The molecular weight excluding hydrogens is 190 g/mol. The van der Waals surface area contributed by atoms with Crippen LogP contribution in [-0.2, 0) is 6.42 Å². The van der Waals surface area contributed by atoms with Crippen molar-refractivity contribution in [1.29, 1.82) is 0 Å². The zero-order valence-electron chi connectivity index (χ0n) is 8.62. The van der Waals surface area contributed by atoms with Crippen LogP contribution in [0.2, 0.25) is 0 Å². The molecule has 1 aromatic carbocycles. The van der Waals surface area contributed by atoms with E-state index in [0.717, 1.165) is 11.8 Å². The fourth-order valence-electron chi connectivity index (χ4n) is 1.82. The molecule has 1 nitrogen and oxygen atoms in total. The van der Waals surface area contributed by atoms with Gasteiger partial charge in [-0.25, -0.2) is 0 Å². The summed E-state index contributed by atoms with van der Waals surface area (Å²) < 4.78 is 0. The summed E-state index contributed by atoms with van der Waals surface area (Å²) in [6, 6.07) is 8.68. The SMILES string of the molecule is CC1Cc2ccccc2NCCCS1. The minimum absolute atomic E-state index is 0.746. The Morgan fingerprint density at radius 3 is 3.14 bits per heavy atom. The van der Waals surface area contributed by atoms with Crippen molar-refractivity contribution in [2.45, 2.75) is 25.0 Å². The lowest BCUT2D eigenvalue weighted by Gasteiger charge is -2.12. The van der Waals surface area contributed by atoms with Crippen molar-refractivity contribution >= 4 is 17.4 Å². The maximum absolute atomic E-state index is 3.51. The van der Waals surface area contributed by atoms with E-state index < -0.39 is 0 Å². The number of hydrogen-bond donors (Lipinski definition) is 1. The second-order valence-electron chi connectivity index (χ2n) is 3.82. The number of para-hydroxylation sites is 1. The third kappa shape index (κ3) is 2.44. The number of nitrogens with one attached hydrogen (secondary N) is 1. The molecule has 1 aliphatic heterocycles. The minimum atomic E-state index is 0.746. The molecule has 0 fully saturated rings. The molecule has 76 valence electrons. The highest BCUT2D eigenvalue weighted by atomic mass is 32.2. The Bertz CT molecular complexity index is 298. The van der Waals surface area contributed by atoms with Crippen molar-refractivity contribution in [2.75, 3.05) is 17.6 Å². The van der Waals surface area contributed by atoms with E-state index >= 15 is 0 Å². The van der Waals surface area contributed by atoms with Crippen LogP contribution in [0.25, 0.3) is 0 Å². The van der Waals surface area contributed by atoms with E-state index in [1.54, 1.807) is 0 Å². The van der Waals surface area contributed by atoms with Gasteiger partial charge in [0.25, 0.3) is 0 Å². The molecule has 2 heteroatoms.